The van der Waals surface area contributed by atoms with Crippen molar-refractivity contribution in [2.75, 3.05) is 0 Å². The molecule has 1 heterocycles. The summed E-state index contributed by atoms with van der Waals surface area (Å²) in [6.07, 6.45) is 8.73. The predicted molar refractivity (Wildman–Crippen MR) is 212 cm³/mol. The standard InChI is InChI=1S/C49H39N/c1-2-8-34(9-3-1)37-14-18-39(19-15-37)46-30-47(40-20-16-38(17-21-40)43-24-22-35-10-4-6-12-41(35)28-43)32-48(31-46)49-27-26-45(33-50-49)44-25-23-36-11-5-7-13-42(36)29-44/h4-7,10-34H,1-3,8-9H2. The fraction of sp³-hybridized carbons (Fsp3) is 0.122. The van der Waals surface area contributed by atoms with Crippen molar-refractivity contribution >= 4 is 21.5 Å². The number of benzene rings is 7. The summed E-state index contributed by atoms with van der Waals surface area (Å²) in [5.41, 5.74) is 13.2. The van der Waals surface area contributed by atoms with E-state index >= 15 is 0 Å². The molecule has 1 aliphatic carbocycles. The molecular formula is C49H39N. The maximum atomic E-state index is 5.03. The van der Waals surface area contributed by atoms with Crippen molar-refractivity contribution in [2.24, 2.45) is 0 Å². The number of hydrogen-bond donors (Lipinski definition) is 0. The van der Waals surface area contributed by atoms with Gasteiger partial charge in [-0.05, 0) is 121 Å². The highest BCUT2D eigenvalue weighted by Gasteiger charge is 2.16. The first-order valence-electron chi connectivity index (χ1n) is 18.0. The Bertz CT molecular complexity index is 2290. The fourth-order valence-electron chi connectivity index (χ4n) is 7.82. The molecule has 0 bridgehead atoms. The number of pyridine rings is 1. The van der Waals surface area contributed by atoms with Gasteiger partial charge in [-0.25, -0.2) is 0 Å². The van der Waals surface area contributed by atoms with Crippen LogP contribution in [0.15, 0.2) is 170 Å². The van der Waals surface area contributed by atoms with Crippen molar-refractivity contribution < 1.29 is 0 Å². The van der Waals surface area contributed by atoms with Gasteiger partial charge in [-0.2, -0.15) is 0 Å². The fourth-order valence-corrected chi connectivity index (χ4v) is 7.82. The van der Waals surface area contributed by atoms with Gasteiger partial charge in [-0.3, -0.25) is 4.98 Å². The summed E-state index contributed by atoms with van der Waals surface area (Å²) in [5.74, 6) is 0.700. The molecule has 0 N–H and O–H groups in total. The highest BCUT2D eigenvalue weighted by molar-refractivity contribution is 5.89. The predicted octanol–water partition coefficient (Wildman–Crippen LogP) is 13.8. The molecule has 0 unspecified atom stereocenters. The first kappa shape index (κ1) is 30.3. The summed E-state index contributed by atoms with van der Waals surface area (Å²) in [7, 11) is 0. The maximum absolute atomic E-state index is 5.03. The second-order valence-corrected chi connectivity index (χ2v) is 13.9. The van der Waals surface area contributed by atoms with Gasteiger partial charge in [0.15, 0.2) is 0 Å². The molecule has 50 heavy (non-hydrogen) atoms. The molecule has 1 heteroatoms. The highest BCUT2D eigenvalue weighted by atomic mass is 14.7. The van der Waals surface area contributed by atoms with E-state index in [1.165, 1.54) is 98.2 Å². The SMILES string of the molecule is c1ccc2cc(-c3ccc(-c4cc(-c5ccc(C6CCCCC6)cc5)cc(-c5ccc(-c6ccc7ccccc7c6)cn5)c4)cc3)ccc2c1. The Balaban J connectivity index is 1.08. The Morgan fingerprint density at radius 1 is 0.340 bits per heavy atom. The molecule has 240 valence electrons. The van der Waals surface area contributed by atoms with E-state index < -0.39 is 0 Å². The lowest BCUT2D eigenvalue weighted by Crippen LogP contribution is -2.04. The van der Waals surface area contributed by atoms with Gasteiger partial charge >= 0.3 is 0 Å². The van der Waals surface area contributed by atoms with E-state index in [1.54, 1.807) is 0 Å². The Morgan fingerprint density at radius 2 is 0.800 bits per heavy atom. The smallest absolute Gasteiger partial charge is 0.0702 e. The van der Waals surface area contributed by atoms with Gasteiger partial charge < -0.3 is 0 Å². The Hall–Kier alpha value is -5.79. The molecule has 1 aromatic heterocycles. The molecule has 0 amide bonds. The molecule has 1 aliphatic rings. The number of hydrogen-bond acceptors (Lipinski definition) is 1. The minimum Gasteiger partial charge on any atom is -0.256 e. The number of fused-ring (bicyclic) bond motifs is 2. The van der Waals surface area contributed by atoms with Crippen LogP contribution in [-0.4, -0.2) is 4.98 Å². The van der Waals surface area contributed by atoms with Crippen LogP contribution in [0.1, 0.15) is 43.6 Å². The van der Waals surface area contributed by atoms with Crippen molar-refractivity contribution in [3.63, 3.8) is 0 Å². The summed E-state index contributed by atoms with van der Waals surface area (Å²) in [6.45, 7) is 0. The van der Waals surface area contributed by atoms with Crippen LogP contribution in [0.3, 0.4) is 0 Å². The first-order chi connectivity index (χ1) is 24.7. The third-order valence-electron chi connectivity index (χ3n) is 10.7. The molecule has 1 fully saturated rings. The van der Waals surface area contributed by atoms with Crippen LogP contribution in [0.5, 0.6) is 0 Å². The van der Waals surface area contributed by atoms with E-state index in [2.05, 4.69) is 164 Å². The lowest BCUT2D eigenvalue weighted by Gasteiger charge is -2.22. The van der Waals surface area contributed by atoms with E-state index in [4.69, 9.17) is 4.98 Å². The van der Waals surface area contributed by atoms with Gasteiger partial charge in [0, 0.05) is 17.3 Å². The van der Waals surface area contributed by atoms with Crippen LogP contribution >= 0.6 is 0 Å². The quantitative estimate of drug-likeness (QED) is 0.176. The van der Waals surface area contributed by atoms with E-state index in [0.29, 0.717) is 5.92 Å². The van der Waals surface area contributed by atoms with Crippen LogP contribution in [0, 0.1) is 0 Å². The molecular weight excluding hydrogens is 603 g/mol. The third-order valence-corrected chi connectivity index (χ3v) is 10.7. The van der Waals surface area contributed by atoms with E-state index in [9.17, 15) is 0 Å². The van der Waals surface area contributed by atoms with E-state index in [1.807, 2.05) is 6.20 Å². The molecule has 9 rings (SSSR count). The topological polar surface area (TPSA) is 12.9 Å². The maximum Gasteiger partial charge on any atom is 0.0702 e. The average Bonchev–Trinajstić information content (AvgIpc) is 3.21. The van der Waals surface area contributed by atoms with Gasteiger partial charge in [0.05, 0.1) is 5.69 Å². The summed E-state index contributed by atoms with van der Waals surface area (Å²) in [5, 5.41) is 5.03. The van der Waals surface area contributed by atoms with Gasteiger partial charge in [-0.1, -0.05) is 147 Å². The molecule has 1 saturated carbocycles. The Morgan fingerprint density at radius 3 is 1.36 bits per heavy atom. The molecule has 0 spiro atoms. The van der Waals surface area contributed by atoms with Gasteiger partial charge in [0.25, 0.3) is 0 Å². The Kier molecular flexibility index (Phi) is 8.03. The average molecular weight is 642 g/mol. The summed E-state index contributed by atoms with van der Waals surface area (Å²) >= 11 is 0. The normalized spacial score (nSPS) is 13.5. The molecule has 7 aromatic carbocycles. The first-order valence-corrected chi connectivity index (χ1v) is 18.0. The van der Waals surface area contributed by atoms with Gasteiger partial charge in [-0.15, -0.1) is 0 Å². The number of rotatable bonds is 6. The minimum atomic E-state index is 0.700. The lowest BCUT2D eigenvalue weighted by atomic mass is 9.83. The van der Waals surface area contributed by atoms with Crippen molar-refractivity contribution in [3.05, 3.63) is 176 Å². The second kappa shape index (κ2) is 13.3. The van der Waals surface area contributed by atoms with Crippen molar-refractivity contribution in [1.82, 2.24) is 4.98 Å². The van der Waals surface area contributed by atoms with Crippen molar-refractivity contribution in [1.29, 1.82) is 0 Å². The number of nitrogens with zero attached hydrogens (tertiary/aromatic N) is 1. The van der Waals surface area contributed by atoms with Crippen LogP contribution in [0.25, 0.3) is 77.3 Å². The second-order valence-electron chi connectivity index (χ2n) is 13.9. The molecule has 0 radical (unpaired) electrons. The molecule has 0 saturated heterocycles. The van der Waals surface area contributed by atoms with Crippen LogP contribution in [-0.2, 0) is 0 Å². The van der Waals surface area contributed by atoms with Crippen molar-refractivity contribution in [3.8, 4) is 55.8 Å². The molecule has 0 atom stereocenters. The summed E-state index contributed by atoms with van der Waals surface area (Å²) in [6, 6.07) is 60.2. The Labute approximate surface area is 294 Å². The summed E-state index contributed by atoms with van der Waals surface area (Å²) < 4.78 is 0. The monoisotopic (exact) mass is 641 g/mol. The van der Waals surface area contributed by atoms with E-state index in [0.717, 1.165) is 16.8 Å². The van der Waals surface area contributed by atoms with Crippen LogP contribution < -0.4 is 0 Å². The zero-order chi connectivity index (χ0) is 33.3. The van der Waals surface area contributed by atoms with Crippen molar-refractivity contribution in [2.45, 2.75) is 38.0 Å². The lowest BCUT2D eigenvalue weighted by molar-refractivity contribution is 0.443. The molecule has 8 aromatic rings. The van der Waals surface area contributed by atoms with Crippen LogP contribution in [0.4, 0.5) is 0 Å². The highest BCUT2D eigenvalue weighted by Crippen LogP contribution is 2.37. The molecule has 1 nitrogen and oxygen atoms in total. The molecule has 0 aliphatic heterocycles. The summed E-state index contributed by atoms with van der Waals surface area (Å²) in [4.78, 5) is 5.03. The van der Waals surface area contributed by atoms with E-state index in [-0.39, 0.29) is 0 Å². The van der Waals surface area contributed by atoms with Gasteiger partial charge in [0.2, 0.25) is 0 Å². The number of aromatic nitrogens is 1. The third kappa shape index (κ3) is 6.12. The van der Waals surface area contributed by atoms with Crippen LogP contribution in [0.2, 0.25) is 0 Å². The largest absolute Gasteiger partial charge is 0.256 e. The zero-order valence-electron chi connectivity index (χ0n) is 28.2. The van der Waals surface area contributed by atoms with Gasteiger partial charge in [0.1, 0.15) is 0 Å². The zero-order valence-corrected chi connectivity index (χ0v) is 28.2. The minimum absolute atomic E-state index is 0.700.